The molecule has 0 aliphatic carbocycles. The van der Waals surface area contributed by atoms with E-state index in [1.54, 1.807) is 0 Å². The Kier molecular flexibility index (Phi) is 7.45. The van der Waals surface area contributed by atoms with Crippen LogP contribution in [0.5, 0.6) is 0 Å². The minimum absolute atomic E-state index is 0.712. The van der Waals surface area contributed by atoms with Crippen molar-refractivity contribution in [3.63, 3.8) is 0 Å². The van der Waals surface area contributed by atoms with E-state index in [9.17, 15) is 0 Å². The second-order valence-electron chi connectivity index (χ2n) is 12.2. The Labute approximate surface area is 290 Å². The molecule has 0 atom stereocenters. The normalized spacial score (nSPS) is 11.9. The van der Waals surface area contributed by atoms with E-state index in [0.29, 0.717) is 5.82 Å². The fourth-order valence-electron chi connectivity index (χ4n) is 6.68. The molecule has 2 nitrogen and oxygen atoms in total. The minimum atomic E-state index is 0.712. The molecule has 1 aromatic heterocycles. The number of hydrogen-bond acceptors (Lipinski definition) is 3. The van der Waals surface area contributed by atoms with Crippen molar-refractivity contribution in [2.45, 2.75) is 9.79 Å². The summed E-state index contributed by atoms with van der Waals surface area (Å²) >= 11 is 1.85. The van der Waals surface area contributed by atoms with Crippen molar-refractivity contribution < 1.29 is 0 Å². The molecule has 0 N–H and O–H groups in total. The summed E-state index contributed by atoms with van der Waals surface area (Å²) in [6.07, 6.45) is 4.52. The van der Waals surface area contributed by atoms with E-state index in [4.69, 9.17) is 9.97 Å². The SMILES string of the molecule is C1=Cc2ccc(-c3cc(-c4ccccc4)nc(-c4ccccc4)n3)cc2-c2ccc3ccccc3c2Sc2ccccc2-c2ccccc21. The van der Waals surface area contributed by atoms with Gasteiger partial charge >= 0.3 is 0 Å². The Morgan fingerprint density at radius 3 is 1.84 bits per heavy atom. The molecule has 0 unspecified atom stereocenters. The van der Waals surface area contributed by atoms with E-state index in [0.717, 1.165) is 33.6 Å². The number of benzene rings is 7. The highest BCUT2D eigenvalue weighted by molar-refractivity contribution is 7.99. The molecule has 0 fully saturated rings. The van der Waals surface area contributed by atoms with Crippen LogP contribution in [0.4, 0.5) is 0 Å². The molecule has 1 aliphatic heterocycles. The van der Waals surface area contributed by atoms with Crippen LogP contribution in [0.15, 0.2) is 180 Å². The summed E-state index contributed by atoms with van der Waals surface area (Å²) < 4.78 is 0. The Morgan fingerprint density at radius 1 is 0.388 bits per heavy atom. The van der Waals surface area contributed by atoms with Crippen molar-refractivity contribution in [2.75, 3.05) is 0 Å². The summed E-state index contributed by atoms with van der Waals surface area (Å²) in [5.41, 5.74) is 12.1. The van der Waals surface area contributed by atoms with Gasteiger partial charge in [0.2, 0.25) is 0 Å². The lowest BCUT2D eigenvalue weighted by Crippen LogP contribution is -1.96. The number of rotatable bonds is 3. The first-order chi connectivity index (χ1) is 24.3. The van der Waals surface area contributed by atoms with E-state index in [1.165, 1.54) is 48.4 Å². The largest absolute Gasteiger partial charge is 0.228 e. The van der Waals surface area contributed by atoms with Crippen molar-refractivity contribution in [3.05, 3.63) is 181 Å². The van der Waals surface area contributed by atoms with Crippen LogP contribution in [-0.4, -0.2) is 9.97 Å². The van der Waals surface area contributed by atoms with E-state index >= 15 is 0 Å². The van der Waals surface area contributed by atoms with Gasteiger partial charge in [-0.05, 0) is 62.4 Å². The molecule has 3 heteroatoms. The fraction of sp³-hybridized carbons (Fsp3) is 0. The minimum Gasteiger partial charge on any atom is -0.228 e. The molecule has 49 heavy (non-hydrogen) atoms. The van der Waals surface area contributed by atoms with Crippen LogP contribution in [0.3, 0.4) is 0 Å². The molecule has 2 heterocycles. The van der Waals surface area contributed by atoms with Gasteiger partial charge in [0, 0.05) is 26.5 Å². The maximum atomic E-state index is 5.17. The lowest BCUT2D eigenvalue weighted by molar-refractivity contribution is 1.18. The monoisotopic (exact) mass is 642 g/mol. The molecule has 0 radical (unpaired) electrons. The fourth-order valence-corrected chi connectivity index (χ4v) is 7.92. The number of fused-ring (bicyclic) bond motifs is 8. The zero-order chi connectivity index (χ0) is 32.6. The molecule has 1 aliphatic rings. The Morgan fingerprint density at radius 2 is 1.02 bits per heavy atom. The standard InChI is InChI=1S/C46H30N2S/c1-3-15-34(16-4-1)42-30-43(48-46(47-42)35-17-5-2-6-18-35)36-26-25-33-24-23-31-13-7-9-19-37(31)39-21-11-12-22-44(39)49-45-38-20-10-8-14-32(38)27-28-40(45)41(33)29-36/h1-30H. The second-order valence-corrected chi connectivity index (χ2v) is 13.2. The van der Waals surface area contributed by atoms with E-state index < -0.39 is 0 Å². The van der Waals surface area contributed by atoms with Crippen LogP contribution in [0.2, 0.25) is 0 Å². The zero-order valence-corrected chi connectivity index (χ0v) is 27.4. The molecular formula is C46H30N2S. The van der Waals surface area contributed by atoms with Crippen LogP contribution in [0, 0.1) is 0 Å². The van der Waals surface area contributed by atoms with Gasteiger partial charge in [-0.3, -0.25) is 0 Å². The predicted molar refractivity (Wildman–Crippen MR) is 206 cm³/mol. The summed E-state index contributed by atoms with van der Waals surface area (Å²) in [5.74, 6) is 0.712. The van der Waals surface area contributed by atoms with E-state index in [-0.39, 0.29) is 0 Å². The number of aromatic nitrogens is 2. The van der Waals surface area contributed by atoms with Gasteiger partial charge in [-0.2, -0.15) is 0 Å². The molecule has 0 spiro atoms. The molecular weight excluding hydrogens is 613 g/mol. The molecule has 0 saturated carbocycles. The van der Waals surface area contributed by atoms with Gasteiger partial charge in [0.05, 0.1) is 11.4 Å². The highest BCUT2D eigenvalue weighted by atomic mass is 32.2. The van der Waals surface area contributed by atoms with Gasteiger partial charge in [-0.1, -0.05) is 176 Å². The highest BCUT2D eigenvalue weighted by Crippen LogP contribution is 2.47. The topological polar surface area (TPSA) is 25.8 Å². The number of nitrogens with zero attached hydrogens (tertiary/aromatic N) is 2. The van der Waals surface area contributed by atoms with Crippen molar-refractivity contribution in [1.82, 2.24) is 9.97 Å². The summed E-state index contributed by atoms with van der Waals surface area (Å²) in [5, 5.41) is 2.47. The van der Waals surface area contributed by atoms with Crippen molar-refractivity contribution in [1.29, 1.82) is 0 Å². The second kappa shape index (κ2) is 12.5. The molecule has 0 bridgehead atoms. The van der Waals surface area contributed by atoms with Gasteiger partial charge in [-0.15, -0.1) is 0 Å². The summed E-state index contributed by atoms with van der Waals surface area (Å²) in [4.78, 5) is 12.7. The van der Waals surface area contributed by atoms with Crippen LogP contribution in [0.25, 0.3) is 79.1 Å². The third kappa shape index (κ3) is 5.54. The Bertz CT molecular complexity index is 2460. The van der Waals surface area contributed by atoms with Gasteiger partial charge in [0.15, 0.2) is 5.82 Å². The van der Waals surface area contributed by atoms with Crippen LogP contribution < -0.4 is 0 Å². The molecule has 8 aromatic rings. The van der Waals surface area contributed by atoms with E-state index in [2.05, 4.69) is 158 Å². The maximum absolute atomic E-state index is 5.17. The maximum Gasteiger partial charge on any atom is 0.160 e. The predicted octanol–water partition coefficient (Wildman–Crippen LogP) is 12.6. The van der Waals surface area contributed by atoms with Crippen molar-refractivity contribution in [3.8, 4) is 56.2 Å². The van der Waals surface area contributed by atoms with E-state index in [1.807, 2.05) is 36.0 Å². The van der Waals surface area contributed by atoms with Crippen LogP contribution in [-0.2, 0) is 0 Å². The summed E-state index contributed by atoms with van der Waals surface area (Å²) in [6, 6.07) is 60.2. The lowest BCUT2D eigenvalue weighted by Gasteiger charge is -2.18. The average molecular weight is 643 g/mol. The van der Waals surface area contributed by atoms with Crippen LogP contribution in [0.1, 0.15) is 11.1 Å². The zero-order valence-electron chi connectivity index (χ0n) is 26.6. The van der Waals surface area contributed by atoms with Gasteiger partial charge < -0.3 is 0 Å². The third-order valence-corrected chi connectivity index (χ3v) is 10.4. The molecule has 230 valence electrons. The Hall–Kier alpha value is -6.03. The molecule has 0 amide bonds. The van der Waals surface area contributed by atoms with Gasteiger partial charge in [0.1, 0.15) is 0 Å². The quantitative estimate of drug-likeness (QED) is 0.192. The summed E-state index contributed by atoms with van der Waals surface area (Å²) in [6.45, 7) is 0. The highest BCUT2D eigenvalue weighted by Gasteiger charge is 2.19. The average Bonchev–Trinajstić information content (AvgIpc) is 3.20. The third-order valence-electron chi connectivity index (χ3n) is 9.14. The Balaban J connectivity index is 1.30. The molecule has 7 aromatic carbocycles. The van der Waals surface area contributed by atoms with Crippen molar-refractivity contribution in [2.24, 2.45) is 0 Å². The lowest BCUT2D eigenvalue weighted by atomic mass is 9.93. The first-order valence-corrected chi connectivity index (χ1v) is 17.3. The van der Waals surface area contributed by atoms with Crippen LogP contribution >= 0.6 is 11.8 Å². The first kappa shape index (κ1) is 29.1. The van der Waals surface area contributed by atoms with Crippen molar-refractivity contribution >= 4 is 34.7 Å². The first-order valence-electron chi connectivity index (χ1n) is 16.5. The number of hydrogen-bond donors (Lipinski definition) is 0. The molecule has 9 rings (SSSR count). The summed E-state index contributed by atoms with van der Waals surface area (Å²) in [7, 11) is 0. The van der Waals surface area contributed by atoms with Gasteiger partial charge in [-0.25, -0.2) is 9.97 Å². The van der Waals surface area contributed by atoms with Gasteiger partial charge in [0.25, 0.3) is 0 Å². The smallest absolute Gasteiger partial charge is 0.160 e. The molecule has 0 saturated heterocycles.